The highest BCUT2D eigenvalue weighted by atomic mass is 16.1. The molecule has 0 aromatic heterocycles. The minimum atomic E-state index is 0.221. The summed E-state index contributed by atoms with van der Waals surface area (Å²) in [4.78, 5) is 12.3. The Kier molecular flexibility index (Phi) is 19.3. The van der Waals surface area contributed by atoms with E-state index in [4.69, 9.17) is 0 Å². The maximum Gasteiger partial charge on any atom is 0.132 e. The van der Waals surface area contributed by atoms with E-state index < -0.39 is 0 Å². The lowest BCUT2D eigenvalue weighted by Crippen LogP contribution is -2.20. The Balaban J connectivity index is 2.44. The summed E-state index contributed by atoms with van der Waals surface area (Å²) in [6.45, 7) is 16.1. The van der Waals surface area contributed by atoms with Crippen LogP contribution in [0, 0.1) is 29.4 Å². The fraction of sp³-hybridized carbons (Fsp3) is 0.757. The van der Waals surface area contributed by atoms with Crippen LogP contribution in [-0.2, 0) is 11.2 Å². The summed E-state index contributed by atoms with van der Waals surface area (Å²) >= 11 is 0. The molecule has 2 atom stereocenters. The van der Waals surface area contributed by atoms with E-state index in [9.17, 15) is 4.79 Å². The molecule has 0 amide bonds. The topological polar surface area (TPSA) is 17.1 Å². The van der Waals surface area contributed by atoms with Gasteiger partial charge in [0.05, 0.1) is 0 Å². The predicted octanol–water partition coefficient (Wildman–Crippen LogP) is 11.7. The Hall–Kier alpha value is -1.55. The van der Waals surface area contributed by atoms with Gasteiger partial charge < -0.3 is 0 Å². The second-order valence-corrected chi connectivity index (χ2v) is 13.1. The standard InChI is InChI=1S/C37H62O/c1-7-9-10-11-12-13-14-15-16-18-22-32(3)29-35(27-28-36(38)21-8-2)31-37(5,6)30-33(4)25-26-34-23-19-17-20-24-34/h17,19,23,32,35H,4,7-16,18,21-22,25-31H2,1-3,5-6H3. The third-order valence-electron chi connectivity index (χ3n) is 8.17. The highest BCUT2D eigenvalue weighted by Crippen LogP contribution is 2.38. The van der Waals surface area contributed by atoms with E-state index in [1.54, 1.807) is 0 Å². The van der Waals surface area contributed by atoms with Crippen molar-refractivity contribution in [1.82, 2.24) is 0 Å². The molecule has 0 aliphatic rings. The number of rotatable bonds is 25. The number of Topliss-reactive ketones (excluding diaryl/α,β-unsaturated/α-hetero) is 1. The highest BCUT2D eigenvalue weighted by molar-refractivity contribution is 5.78. The molecular weight excluding hydrogens is 460 g/mol. The molecular formula is C37H62O. The molecule has 1 heteroatoms. The molecule has 2 unspecified atom stereocenters. The first-order valence-electron chi connectivity index (χ1n) is 16.3. The predicted molar refractivity (Wildman–Crippen MR) is 167 cm³/mol. The molecule has 1 aromatic rings. The molecule has 38 heavy (non-hydrogen) atoms. The van der Waals surface area contributed by atoms with Gasteiger partial charge in [-0.3, -0.25) is 4.79 Å². The highest BCUT2D eigenvalue weighted by Gasteiger charge is 2.26. The summed E-state index contributed by atoms with van der Waals surface area (Å²) in [6, 6.07) is 12.4. The zero-order valence-electron chi connectivity index (χ0n) is 26.1. The lowest BCUT2D eigenvalue weighted by atomic mass is 9.73. The molecule has 0 aliphatic carbocycles. The monoisotopic (exact) mass is 522 g/mol. The average molecular weight is 523 g/mol. The first-order valence-corrected chi connectivity index (χ1v) is 16.3. The molecule has 0 fully saturated rings. The van der Waals surface area contributed by atoms with Crippen molar-refractivity contribution >= 4 is 5.78 Å². The van der Waals surface area contributed by atoms with E-state index in [0.717, 1.165) is 50.9 Å². The normalized spacial score (nSPS) is 13.2. The lowest BCUT2D eigenvalue weighted by Gasteiger charge is -2.32. The third kappa shape index (κ3) is 18.7. The maximum absolute atomic E-state index is 12.3. The molecule has 0 heterocycles. The molecule has 0 spiro atoms. The van der Waals surface area contributed by atoms with Crippen molar-refractivity contribution in [2.45, 2.75) is 163 Å². The van der Waals surface area contributed by atoms with Crippen LogP contribution in [0.1, 0.15) is 162 Å². The third-order valence-corrected chi connectivity index (χ3v) is 8.17. The summed E-state index contributed by atoms with van der Waals surface area (Å²) in [5.41, 5.74) is 2.78. The van der Waals surface area contributed by atoms with Gasteiger partial charge in [-0.05, 0) is 74.3 Å². The van der Waals surface area contributed by atoms with Crippen molar-refractivity contribution < 1.29 is 4.79 Å². The fourth-order valence-corrected chi connectivity index (χ4v) is 6.20. The fourth-order valence-electron chi connectivity index (χ4n) is 6.20. The van der Waals surface area contributed by atoms with E-state index in [1.807, 2.05) is 12.1 Å². The van der Waals surface area contributed by atoms with Crippen LogP contribution < -0.4 is 0 Å². The van der Waals surface area contributed by atoms with Crippen LogP contribution in [0.3, 0.4) is 0 Å². The number of ketones is 1. The minimum absolute atomic E-state index is 0.221. The molecule has 1 rings (SSSR count). The van der Waals surface area contributed by atoms with Crippen molar-refractivity contribution in [3.63, 3.8) is 0 Å². The quantitative estimate of drug-likeness (QED) is 0.0921. The number of aryl methyl sites for hydroxylation is 1. The molecule has 0 saturated carbocycles. The van der Waals surface area contributed by atoms with E-state index in [-0.39, 0.29) is 5.41 Å². The maximum atomic E-state index is 12.3. The summed E-state index contributed by atoms with van der Waals surface area (Å²) in [6.07, 6.45) is 24.5. The summed E-state index contributed by atoms with van der Waals surface area (Å²) in [5, 5.41) is 0. The Morgan fingerprint density at radius 1 is 0.895 bits per heavy atom. The molecule has 0 aliphatic heterocycles. The molecule has 1 nitrogen and oxygen atoms in total. The van der Waals surface area contributed by atoms with Crippen LogP contribution in [0.25, 0.3) is 0 Å². The second kappa shape index (κ2) is 21.3. The zero-order chi connectivity index (χ0) is 28.1. The van der Waals surface area contributed by atoms with Crippen molar-refractivity contribution in [2.75, 3.05) is 0 Å². The Labute approximate surface area is 238 Å². The minimum Gasteiger partial charge on any atom is -0.300 e. The van der Waals surface area contributed by atoms with Gasteiger partial charge in [-0.1, -0.05) is 136 Å². The van der Waals surface area contributed by atoms with Gasteiger partial charge in [-0.15, -0.1) is 0 Å². The van der Waals surface area contributed by atoms with Crippen molar-refractivity contribution in [2.24, 2.45) is 17.3 Å². The largest absolute Gasteiger partial charge is 0.300 e. The molecule has 216 valence electrons. The summed E-state index contributed by atoms with van der Waals surface area (Å²) in [5.74, 6) is 1.84. The van der Waals surface area contributed by atoms with Crippen molar-refractivity contribution in [3.8, 4) is 0 Å². The number of hydrogen-bond donors (Lipinski definition) is 0. The van der Waals surface area contributed by atoms with Crippen molar-refractivity contribution in [3.05, 3.63) is 48.0 Å². The Morgan fingerprint density at radius 2 is 1.55 bits per heavy atom. The van der Waals surface area contributed by atoms with Gasteiger partial charge in [0.15, 0.2) is 0 Å². The molecule has 0 saturated heterocycles. The zero-order valence-corrected chi connectivity index (χ0v) is 26.1. The first kappa shape index (κ1) is 34.5. The van der Waals surface area contributed by atoms with E-state index in [0.29, 0.717) is 11.7 Å². The number of carbonyl (C=O) groups is 1. The van der Waals surface area contributed by atoms with E-state index in [2.05, 4.69) is 59.4 Å². The summed E-state index contributed by atoms with van der Waals surface area (Å²) < 4.78 is 0. The van der Waals surface area contributed by atoms with Crippen LogP contribution in [0.4, 0.5) is 0 Å². The van der Waals surface area contributed by atoms with Gasteiger partial charge in [-0.25, -0.2) is 0 Å². The van der Waals surface area contributed by atoms with E-state index in [1.165, 1.54) is 94.6 Å². The molecule has 0 radical (unpaired) electrons. The average Bonchev–Trinajstić information content (AvgIpc) is 2.87. The number of hydrogen-bond acceptors (Lipinski definition) is 1. The smallest absolute Gasteiger partial charge is 0.132 e. The van der Waals surface area contributed by atoms with Crippen LogP contribution in [0.5, 0.6) is 0 Å². The van der Waals surface area contributed by atoms with Crippen LogP contribution in [0.15, 0.2) is 30.4 Å². The van der Waals surface area contributed by atoms with Crippen molar-refractivity contribution in [1.29, 1.82) is 0 Å². The van der Waals surface area contributed by atoms with Crippen LogP contribution >= 0.6 is 0 Å². The Bertz CT molecular complexity index is 715. The number of unbranched alkanes of at least 4 members (excludes halogenated alkanes) is 9. The summed E-state index contributed by atoms with van der Waals surface area (Å²) in [7, 11) is 0. The van der Waals surface area contributed by atoms with E-state index >= 15 is 0 Å². The van der Waals surface area contributed by atoms with Crippen LogP contribution in [0.2, 0.25) is 0 Å². The van der Waals surface area contributed by atoms with Gasteiger partial charge in [0.25, 0.3) is 0 Å². The van der Waals surface area contributed by atoms with Gasteiger partial charge >= 0.3 is 0 Å². The van der Waals surface area contributed by atoms with Crippen LogP contribution in [-0.4, -0.2) is 5.78 Å². The lowest BCUT2D eigenvalue weighted by molar-refractivity contribution is -0.119. The van der Waals surface area contributed by atoms with Gasteiger partial charge in [0, 0.05) is 18.4 Å². The Morgan fingerprint density at radius 3 is 2.16 bits per heavy atom. The molecule has 1 aromatic carbocycles. The SMILES string of the molecule is C=C(CCc1c#cccc1)CC(C)(C)CC(CCC(=O)CCC)CC(C)CCCCCCCCCCCC. The number of allylic oxidation sites excluding steroid dienone is 1. The molecule has 0 N–H and O–H groups in total. The van der Waals surface area contributed by atoms with Gasteiger partial charge in [-0.2, -0.15) is 0 Å². The first-order chi connectivity index (χ1) is 18.3. The second-order valence-electron chi connectivity index (χ2n) is 13.1. The van der Waals surface area contributed by atoms with Gasteiger partial charge in [0.2, 0.25) is 0 Å². The number of carbonyl (C=O) groups excluding carboxylic acids is 1. The van der Waals surface area contributed by atoms with Gasteiger partial charge in [0.1, 0.15) is 5.78 Å². The molecule has 0 bridgehead atoms.